The quantitative estimate of drug-likeness (QED) is 0.739. The molecule has 0 aromatic heterocycles. The summed E-state index contributed by atoms with van der Waals surface area (Å²) in [6, 6.07) is 10.0. The zero-order valence-corrected chi connectivity index (χ0v) is 12.7. The molecule has 0 aliphatic heterocycles. The van der Waals surface area contributed by atoms with Gasteiger partial charge in [0, 0.05) is 16.6 Å². The fraction of sp³-hybridized carbons (Fsp3) is 0.250. The molecule has 0 amide bonds. The second kappa shape index (κ2) is 7.07. The molecule has 4 heteroatoms. The lowest BCUT2D eigenvalue weighted by atomic mass is 9.99. The number of hydrogen-bond donors (Lipinski definition) is 1. The maximum Gasteiger partial charge on any atom is 0.123 e. The number of nitrogens with one attached hydrogen (secondary N) is 1. The molecule has 0 saturated heterocycles. The lowest BCUT2D eigenvalue weighted by Crippen LogP contribution is -2.14. The third-order valence-electron chi connectivity index (χ3n) is 2.99. The molecule has 0 unspecified atom stereocenters. The fourth-order valence-electron chi connectivity index (χ4n) is 2.08. The lowest BCUT2D eigenvalue weighted by molar-refractivity contribution is 0.625. The van der Waals surface area contributed by atoms with Gasteiger partial charge in [-0.05, 0) is 60.0 Å². The van der Waals surface area contributed by atoms with E-state index in [2.05, 4.69) is 12.2 Å². The first-order valence-corrected chi connectivity index (χ1v) is 7.31. The third kappa shape index (κ3) is 3.95. The Labute approximate surface area is 128 Å². The molecule has 2 aromatic carbocycles. The van der Waals surface area contributed by atoms with Crippen molar-refractivity contribution in [3.05, 3.63) is 57.8 Å². The Morgan fingerprint density at radius 2 is 1.75 bits per heavy atom. The van der Waals surface area contributed by atoms with Crippen LogP contribution in [0.15, 0.2) is 36.4 Å². The second-order valence-electron chi connectivity index (χ2n) is 4.64. The summed E-state index contributed by atoms with van der Waals surface area (Å²) in [5.41, 5.74) is 2.67. The first kappa shape index (κ1) is 15.3. The molecule has 106 valence electrons. The van der Waals surface area contributed by atoms with Gasteiger partial charge in [-0.15, -0.1) is 0 Å². The molecule has 0 radical (unpaired) electrons. The van der Waals surface area contributed by atoms with Crippen LogP contribution in [0.3, 0.4) is 0 Å². The Bertz CT molecular complexity index is 579. The van der Waals surface area contributed by atoms with E-state index < -0.39 is 0 Å². The van der Waals surface area contributed by atoms with Crippen molar-refractivity contribution >= 4 is 23.2 Å². The lowest BCUT2D eigenvalue weighted by Gasteiger charge is -2.12. The van der Waals surface area contributed by atoms with Gasteiger partial charge >= 0.3 is 0 Å². The molecular weight excluding hydrogens is 296 g/mol. The highest BCUT2D eigenvalue weighted by molar-refractivity contribution is 6.35. The van der Waals surface area contributed by atoms with Gasteiger partial charge in [0.15, 0.2) is 0 Å². The standard InChI is InChI=1S/C16H16Cl2FN/c1-2-5-20-10-11-3-4-15(19)9-16(11)12-6-13(17)8-14(18)7-12/h3-4,6-9,20H,2,5,10H2,1H3. The maximum atomic E-state index is 13.5. The van der Waals surface area contributed by atoms with Crippen molar-refractivity contribution < 1.29 is 4.39 Å². The predicted octanol–water partition coefficient (Wildman–Crippen LogP) is 5.30. The molecule has 0 aliphatic carbocycles. The van der Waals surface area contributed by atoms with Crippen molar-refractivity contribution in [3.8, 4) is 11.1 Å². The van der Waals surface area contributed by atoms with Gasteiger partial charge in [0.1, 0.15) is 5.82 Å². The number of halogens is 3. The van der Waals surface area contributed by atoms with E-state index in [9.17, 15) is 4.39 Å². The first-order chi connectivity index (χ1) is 9.60. The monoisotopic (exact) mass is 311 g/mol. The topological polar surface area (TPSA) is 12.0 Å². The Morgan fingerprint density at radius 1 is 1.05 bits per heavy atom. The number of hydrogen-bond acceptors (Lipinski definition) is 1. The Hall–Kier alpha value is -1.09. The van der Waals surface area contributed by atoms with Crippen LogP contribution in [-0.2, 0) is 6.54 Å². The van der Waals surface area contributed by atoms with Crippen LogP contribution in [0.5, 0.6) is 0 Å². The van der Waals surface area contributed by atoms with E-state index in [0.717, 1.165) is 29.7 Å². The minimum absolute atomic E-state index is 0.268. The van der Waals surface area contributed by atoms with Crippen molar-refractivity contribution in [1.82, 2.24) is 5.32 Å². The highest BCUT2D eigenvalue weighted by atomic mass is 35.5. The van der Waals surface area contributed by atoms with Crippen molar-refractivity contribution in [2.24, 2.45) is 0 Å². The zero-order valence-electron chi connectivity index (χ0n) is 11.2. The van der Waals surface area contributed by atoms with Crippen molar-refractivity contribution in [2.45, 2.75) is 19.9 Å². The van der Waals surface area contributed by atoms with Crippen molar-refractivity contribution in [3.63, 3.8) is 0 Å². The van der Waals surface area contributed by atoms with Crippen LogP contribution in [0.2, 0.25) is 10.0 Å². The molecule has 0 spiro atoms. The van der Waals surface area contributed by atoms with Crippen LogP contribution >= 0.6 is 23.2 Å². The molecule has 20 heavy (non-hydrogen) atoms. The van der Waals surface area contributed by atoms with Gasteiger partial charge in [-0.25, -0.2) is 4.39 Å². The third-order valence-corrected chi connectivity index (χ3v) is 3.42. The minimum Gasteiger partial charge on any atom is -0.313 e. The van der Waals surface area contributed by atoms with Gasteiger partial charge in [0.05, 0.1) is 0 Å². The fourth-order valence-corrected chi connectivity index (χ4v) is 2.61. The summed E-state index contributed by atoms with van der Waals surface area (Å²) in [5.74, 6) is -0.268. The van der Waals surface area contributed by atoms with Crippen LogP contribution in [0, 0.1) is 5.82 Å². The van der Waals surface area contributed by atoms with E-state index in [4.69, 9.17) is 23.2 Å². The molecule has 0 bridgehead atoms. The molecule has 0 heterocycles. The molecule has 1 N–H and O–H groups in total. The van der Waals surface area contributed by atoms with E-state index in [-0.39, 0.29) is 5.82 Å². The van der Waals surface area contributed by atoms with Crippen LogP contribution in [0.25, 0.3) is 11.1 Å². The van der Waals surface area contributed by atoms with E-state index in [0.29, 0.717) is 16.6 Å². The molecule has 0 saturated carbocycles. The average Bonchev–Trinajstić information content (AvgIpc) is 2.39. The molecule has 0 fully saturated rings. The van der Waals surface area contributed by atoms with Crippen LogP contribution in [0.1, 0.15) is 18.9 Å². The van der Waals surface area contributed by atoms with E-state index in [1.54, 1.807) is 24.3 Å². The molecule has 2 rings (SSSR count). The number of rotatable bonds is 5. The number of benzene rings is 2. The second-order valence-corrected chi connectivity index (χ2v) is 5.51. The largest absolute Gasteiger partial charge is 0.313 e. The Morgan fingerprint density at radius 3 is 2.40 bits per heavy atom. The average molecular weight is 312 g/mol. The van der Waals surface area contributed by atoms with Gasteiger partial charge in [0.2, 0.25) is 0 Å². The van der Waals surface area contributed by atoms with Gasteiger partial charge in [0.25, 0.3) is 0 Å². The van der Waals surface area contributed by atoms with Crippen molar-refractivity contribution in [2.75, 3.05) is 6.54 Å². The van der Waals surface area contributed by atoms with E-state index in [1.165, 1.54) is 12.1 Å². The molecular formula is C16H16Cl2FN. The predicted molar refractivity (Wildman–Crippen MR) is 83.9 cm³/mol. The summed E-state index contributed by atoms with van der Waals surface area (Å²) >= 11 is 12.1. The van der Waals surface area contributed by atoms with Crippen LogP contribution < -0.4 is 5.32 Å². The summed E-state index contributed by atoms with van der Waals surface area (Å²) in [6.45, 7) is 3.72. The summed E-state index contributed by atoms with van der Waals surface area (Å²) in [7, 11) is 0. The van der Waals surface area contributed by atoms with E-state index >= 15 is 0 Å². The summed E-state index contributed by atoms with van der Waals surface area (Å²) in [6.07, 6.45) is 1.06. The Kier molecular flexibility index (Phi) is 5.41. The van der Waals surface area contributed by atoms with Crippen molar-refractivity contribution in [1.29, 1.82) is 0 Å². The Balaban J connectivity index is 2.40. The maximum absolute atomic E-state index is 13.5. The minimum atomic E-state index is -0.268. The van der Waals surface area contributed by atoms with Gasteiger partial charge < -0.3 is 5.32 Å². The SMILES string of the molecule is CCCNCc1ccc(F)cc1-c1cc(Cl)cc(Cl)c1. The van der Waals surface area contributed by atoms with Crippen LogP contribution in [0.4, 0.5) is 4.39 Å². The van der Waals surface area contributed by atoms with E-state index in [1.807, 2.05) is 0 Å². The summed E-state index contributed by atoms with van der Waals surface area (Å²) in [4.78, 5) is 0. The van der Waals surface area contributed by atoms with Crippen LogP contribution in [-0.4, -0.2) is 6.54 Å². The summed E-state index contributed by atoms with van der Waals surface area (Å²) < 4.78 is 13.5. The highest BCUT2D eigenvalue weighted by Crippen LogP contribution is 2.30. The smallest absolute Gasteiger partial charge is 0.123 e. The van der Waals surface area contributed by atoms with Gasteiger partial charge in [-0.3, -0.25) is 0 Å². The molecule has 0 atom stereocenters. The normalized spacial score (nSPS) is 10.8. The molecule has 2 aromatic rings. The van der Waals surface area contributed by atoms with Gasteiger partial charge in [-0.2, -0.15) is 0 Å². The molecule has 1 nitrogen and oxygen atoms in total. The molecule has 0 aliphatic rings. The zero-order chi connectivity index (χ0) is 14.5. The first-order valence-electron chi connectivity index (χ1n) is 6.55. The highest BCUT2D eigenvalue weighted by Gasteiger charge is 2.08. The summed E-state index contributed by atoms with van der Waals surface area (Å²) in [5, 5.41) is 4.41. The van der Waals surface area contributed by atoms with Gasteiger partial charge in [-0.1, -0.05) is 36.2 Å².